The number of hydrogen-bond acceptors (Lipinski definition) is 11. The predicted molar refractivity (Wildman–Crippen MR) is 154 cm³/mol. The number of H-pyrrole nitrogens is 1. The van der Waals surface area contributed by atoms with E-state index in [1.54, 1.807) is 60.9 Å². The largest absolute Gasteiger partial charge is 0.467 e. The highest BCUT2D eigenvalue weighted by atomic mass is 16.5. The molecule has 1 unspecified atom stereocenters. The van der Waals surface area contributed by atoms with Crippen molar-refractivity contribution in [3.63, 3.8) is 0 Å². The van der Waals surface area contributed by atoms with Crippen molar-refractivity contribution in [3.05, 3.63) is 84.8 Å². The van der Waals surface area contributed by atoms with Crippen LogP contribution in [0, 0.1) is 0 Å². The third-order valence-corrected chi connectivity index (χ3v) is 5.88. The highest BCUT2D eigenvalue weighted by Crippen LogP contribution is 2.23. The van der Waals surface area contributed by atoms with Crippen molar-refractivity contribution in [2.75, 3.05) is 38.0 Å². The van der Waals surface area contributed by atoms with E-state index in [1.807, 2.05) is 30.3 Å². The molecule has 5 aromatic rings. The molecular formula is C28H29N9O4. The number of benzene rings is 2. The first kappa shape index (κ1) is 28.6. The van der Waals surface area contributed by atoms with Crippen LogP contribution in [0.4, 0.5) is 17.6 Å². The molecule has 210 valence electrons. The molecule has 0 aliphatic rings. The van der Waals surface area contributed by atoms with Crippen molar-refractivity contribution in [3.8, 4) is 11.5 Å². The number of para-hydroxylation sites is 1. The van der Waals surface area contributed by atoms with Crippen molar-refractivity contribution < 1.29 is 19.4 Å². The molecule has 3 heterocycles. The van der Waals surface area contributed by atoms with Gasteiger partial charge in [-0.1, -0.05) is 18.2 Å². The van der Waals surface area contributed by atoms with Gasteiger partial charge in [0, 0.05) is 44.0 Å². The van der Waals surface area contributed by atoms with Crippen LogP contribution in [0.25, 0.3) is 22.6 Å². The van der Waals surface area contributed by atoms with E-state index in [0.29, 0.717) is 40.0 Å². The van der Waals surface area contributed by atoms with Crippen LogP contribution in [0.15, 0.2) is 79.3 Å². The van der Waals surface area contributed by atoms with Gasteiger partial charge in [-0.15, -0.1) is 0 Å². The number of aromatic amines is 1. The van der Waals surface area contributed by atoms with Crippen molar-refractivity contribution in [1.29, 1.82) is 0 Å². The molecule has 13 heteroatoms. The summed E-state index contributed by atoms with van der Waals surface area (Å²) in [7, 11) is 4.01. The Hall–Kier alpha value is -5.43. The van der Waals surface area contributed by atoms with Gasteiger partial charge in [-0.05, 0) is 42.5 Å². The normalized spacial score (nSPS) is 11.1. The van der Waals surface area contributed by atoms with Crippen LogP contribution in [-0.4, -0.2) is 80.7 Å². The molecule has 13 nitrogen and oxygen atoms in total. The van der Waals surface area contributed by atoms with Crippen molar-refractivity contribution in [2.45, 2.75) is 6.04 Å². The predicted octanol–water partition coefficient (Wildman–Crippen LogP) is 2.57. The van der Waals surface area contributed by atoms with E-state index in [9.17, 15) is 9.59 Å². The summed E-state index contributed by atoms with van der Waals surface area (Å²) in [5.41, 5.74) is 3.00. The third-order valence-electron chi connectivity index (χ3n) is 5.88. The molecule has 0 saturated heterocycles. The fourth-order valence-electron chi connectivity index (χ4n) is 3.97. The zero-order chi connectivity index (χ0) is 29.2. The Balaban J connectivity index is 0.00000189. The summed E-state index contributed by atoms with van der Waals surface area (Å²) in [6, 6.07) is 16.8. The number of aliphatic hydroxyl groups is 1. The second kappa shape index (κ2) is 13.6. The van der Waals surface area contributed by atoms with Crippen LogP contribution in [0.3, 0.4) is 0 Å². The number of rotatable bonds is 9. The Kier molecular flexibility index (Phi) is 9.46. The quantitative estimate of drug-likeness (QED) is 0.197. The number of amides is 1. The monoisotopic (exact) mass is 555 g/mol. The molecule has 5 rings (SSSR count). The second-order valence-corrected chi connectivity index (χ2v) is 8.38. The number of hydrogen-bond donors (Lipinski definition) is 4. The summed E-state index contributed by atoms with van der Waals surface area (Å²) >= 11 is 0. The molecule has 1 amide bonds. The van der Waals surface area contributed by atoms with Gasteiger partial charge in [-0.25, -0.2) is 29.7 Å². The molecule has 0 fully saturated rings. The highest BCUT2D eigenvalue weighted by molar-refractivity contribution is 5.99. The number of nitrogens with one attached hydrogen (secondary N) is 3. The summed E-state index contributed by atoms with van der Waals surface area (Å²) in [4.78, 5) is 52.7. The SMILES string of the molecule is CNc1nccc(-c2nc3ccc(C(=O)NC(CN(c4ccccc4)c4ncccn4)C(=O)OC)cc3[nH]2)n1.CO. The summed E-state index contributed by atoms with van der Waals surface area (Å²) in [5, 5.41) is 12.7. The molecule has 3 aromatic heterocycles. The van der Waals surface area contributed by atoms with Gasteiger partial charge >= 0.3 is 5.97 Å². The van der Waals surface area contributed by atoms with Crippen LogP contribution in [0.2, 0.25) is 0 Å². The maximum Gasteiger partial charge on any atom is 0.330 e. The zero-order valence-electron chi connectivity index (χ0n) is 22.6. The molecule has 1 atom stereocenters. The molecular weight excluding hydrogens is 526 g/mol. The van der Waals surface area contributed by atoms with Crippen LogP contribution >= 0.6 is 0 Å². The number of fused-ring (bicyclic) bond motifs is 1. The van der Waals surface area contributed by atoms with E-state index in [0.717, 1.165) is 12.8 Å². The van der Waals surface area contributed by atoms with Gasteiger partial charge in [0.15, 0.2) is 5.82 Å². The highest BCUT2D eigenvalue weighted by Gasteiger charge is 2.27. The minimum atomic E-state index is -1.01. The lowest BCUT2D eigenvalue weighted by Crippen LogP contribution is -2.48. The zero-order valence-corrected chi connectivity index (χ0v) is 22.6. The first-order valence-electron chi connectivity index (χ1n) is 12.5. The number of ether oxygens (including phenoxy) is 1. The second-order valence-electron chi connectivity index (χ2n) is 8.38. The smallest absolute Gasteiger partial charge is 0.330 e. The summed E-state index contributed by atoms with van der Waals surface area (Å²) in [6.45, 7) is 0.0460. The Bertz CT molecular complexity index is 1560. The van der Waals surface area contributed by atoms with Gasteiger partial charge < -0.3 is 30.4 Å². The molecule has 0 bridgehead atoms. The fourth-order valence-corrected chi connectivity index (χ4v) is 3.97. The third kappa shape index (κ3) is 6.78. The number of aliphatic hydroxyl groups excluding tert-OH is 1. The van der Waals surface area contributed by atoms with Crippen molar-refractivity contribution in [1.82, 2.24) is 35.2 Å². The maximum atomic E-state index is 13.3. The minimum absolute atomic E-state index is 0.0460. The molecule has 0 radical (unpaired) electrons. The number of nitrogens with zero attached hydrogens (tertiary/aromatic N) is 6. The molecule has 41 heavy (non-hydrogen) atoms. The van der Waals surface area contributed by atoms with E-state index in [4.69, 9.17) is 9.84 Å². The number of imidazole rings is 1. The van der Waals surface area contributed by atoms with E-state index in [1.165, 1.54) is 7.11 Å². The lowest BCUT2D eigenvalue weighted by molar-refractivity contribution is -0.142. The van der Waals surface area contributed by atoms with Gasteiger partial charge in [0.25, 0.3) is 5.91 Å². The summed E-state index contributed by atoms with van der Waals surface area (Å²) < 4.78 is 5.01. The lowest BCUT2D eigenvalue weighted by atomic mass is 10.1. The van der Waals surface area contributed by atoms with Crippen LogP contribution in [0.1, 0.15) is 10.4 Å². The molecule has 0 aliphatic heterocycles. The van der Waals surface area contributed by atoms with Gasteiger partial charge in [-0.3, -0.25) is 4.79 Å². The Morgan fingerprint density at radius 3 is 2.44 bits per heavy atom. The fraction of sp³-hybridized carbons (Fsp3) is 0.179. The number of carbonyl (C=O) groups is 2. The topological polar surface area (TPSA) is 171 Å². The Labute approximate surface area is 235 Å². The number of anilines is 3. The number of methoxy groups -OCH3 is 1. The number of esters is 1. The van der Waals surface area contributed by atoms with Gasteiger partial charge in [-0.2, -0.15) is 0 Å². The van der Waals surface area contributed by atoms with Crippen molar-refractivity contribution >= 4 is 40.5 Å². The van der Waals surface area contributed by atoms with Crippen LogP contribution in [0.5, 0.6) is 0 Å². The maximum absolute atomic E-state index is 13.3. The average Bonchev–Trinajstić information content (AvgIpc) is 3.48. The van der Waals surface area contributed by atoms with Gasteiger partial charge in [0.2, 0.25) is 11.9 Å². The molecule has 0 aliphatic carbocycles. The summed E-state index contributed by atoms with van der Waals surface area (Å²) in [5.74, 6) is 0.325. The molecule has 2 aromatic carbocycles. The Morgan fingerprint density at radius 1 is 0.976 bits per heavy atom. The van der Waals surface area contributed by atoms with Crippen LogP contribution in [-0.2, 0) is 9.53 Å². The van der Waals surface area contributed by atoms with E-state index < -0.39 is 17.9 Å². The standard InChI is InChI=1S/C27H25N9O3.CH4O/c1-28-26-29-14-11-20(35-26)23-32-19-10-9-17(15-21(19)33-23)24(37)34-22(25(38)39-2)16-36(18-7-4-3-5-8-18)27-30-12-6-13-31-27;1-2/h3-15,22H,16H2,1-2H3,(H,32,33)(H,34,37)(H,28,29,35);2H,1H3. The first-order valence-corrected chi connectivity index (χ1v) is 12.5. The van der Waals surface area contributed by atoms with E-state index in [-0.39, 0.29) is 6.54 Å². The summed E-state index contributed by atoms with van der Waals surface area (Å²) in [6.07, 6.45) is 4.85. The molecule has 4 N–H and O–H groups in total. The minimum Gasteiger partial charge on any atom is -0.467 e. The van der Waals surface area contributed by atoms with Crippen LogP contribution < -0.4 is 15.5 Å². The van der Waals surface area contributed by atoms with Crippen molar-refractivity contribution in [2.24, 2.45) is 0 Å². The van der Waals surface area contributed by atoms with Gasteiger partial charge in [0.1, 0.15) is 11.7 Å². The van der Waals surface area contributed by atoms with E-state index in [2.05, 4.69) is 40.5 Å². The Morgan fingerprint density at radius 2 is 1.73 bits per heavy atom. The number of aromatic nitrogens is 6. The first-order chi connectivity index (χ1) is 20.1. The molecule has 0 spiro atoms. The lowest BCUT2D eigenvalue weighted by Gasteiger charge is -2.27. The number of carbonyl (C=O) groups excluding carboxylic acids is 2. The van der Waals surface area contributed by atoms with Gasteiger partial charge in [0.05, 0.1) is 24.7 Å². The molecule has 0 saturated carbocycles. The average molecular weight is 556 g/mol. The van der Waals surface area contributed by atoms with E-state index >= 15 is 0 Å².